The molecule has 0 radical (unpaired) electrons. The van der Waals surface area contributed by atoms with Crippen molar-refractivity contribution in [3.8, 4) is 5.75 Å². The van der Waals surface area contributed by atoms with E-state index in [2.05, 4.69) is 68.1 Å². The molecule has 0 unspecified atom stereocenters. The number of rotatable bonds is 26. The number of H-pyrrole nitrogens is 2. The number of aliphatic hydroxyl groups excluding tert-OH is 1. The molecule has 40 nitrogen and oxygen atoms in total. The highest BCUT2D eigenvalue weighted by molar-refractivity contribution is 8.00. The van der Waals surface area contributed by atoms with Crippen LogP contribution in [0.5, 0.6) is 5.75 Å². The van der Waals surface area contributed by atoms with Crippen LogP contribution in [0.25, 0.3) is 21.0 Å². The molecular weight excluding hydrogens is 1760 g/mol. The van der Waals surface area contributed by atoms with E-state index in [1.54, 1.807) is 50.4 Å². The van der Waals surface area contributed by atoms with Gasteiger partial charge in [-0.05, 0) is 135 Å². The summed E-state index contributed by atoms with van der Waals surface area (Å²) >= 11 is 2.17. The Morgan fingerprint density at radius 2 is 1.09 bits per heavy atom. The summed E-state index contributed by atoms with van der Waals surface area (Å²) in [5, 5.41) is 51.6. The number of imidazole rings is 1. The number of nitrogens with one attached hydrogen (secondary N) is 12. The second-order valence-corrected chi connectivity index (χ2v) is 36.4. The summed E-state index contributed by atoms with van der Waals surface area (Å²) in [6.45, 7) is 6.96. The number of nitrogens with two attached hydrogens (primary N) is 3. The van der Waals surface area contributed by atoms with Gasteiger partial charge in [-0.2, -0.15) is 0 Å². The minimum absolute atomic E-state index is 0.00132. The molecule has 20 N–H and O–H groups in total. The van der Waals surface area contributed by atoms with Gasteiger partial charge in [-0.25, -0.2) is 4.98 Å². The Kier molecular flexibility index (Phi) is 39.4. The molecule has 0 spiro atoms. The van der Waals surface area contributed by atoms with Gasteiger partial charge in [0.05, 0.1) is 31.7 Å². The molecule has 14 atom stereocenters. The largest absolute Gasteiger partial charge is 0.508 e. The number of nitrogens with zero attached hydrogens (tertiary/aromatic N) is 6. The van der Waals surface area contributed by atoms with Crippen LogP contribution in [0.1, 0.15) is 153 Å². The van der Waals surface area contributed by atoms with Crippen molar-refractivity contribution >= 4 is 145 Å². The van der Waals surface area contributed by atoms with Gasteiger partial charge in [0.15, 0.2) is 0 Å². The number of benzene rings is 3. The number of hydrogen-bond donors (Lipinski definition) is 17. The summed E-state index contributed by atoms with van der Waals surface area (Å²) < 4.78 is 0.836. The zero-order chi connectivity index (χ0) is 96.9. The van der Waals surface area contributed by atoms with Gasteiger partial charge in [0, 0.05) is 99.4 Å². The van der Waals surface area contributed by atoms with E-state index in [9.17, 15) is 53.4 Å². The number of amides is 17. The number of carbonyl (C=O) groups is 17. The van der Waals surface area contributed by atoms with E-state index in [-0.39, 0.29) is 115 Å². The van der Waals surface area contributed by atoms with Gasteiger partial charge in [-0.3, -0.25) is 81.5 Å². The first kappa shape index (κ1) is 104. The molecule has 0 aliphatic carbocycles. The highest BCUT2D eigenvalue weighted by Crippen LogP contribution is 2.30. The van der Waals surface area contributed by atoms with E-state index < -0.39 is 216 Å². The van der Waals surface area contributed by atoms with Crippen molar-refractivity contribution in [1.82, 2.24) is 92.6 Å². The lowest BCUT2D eigenvalue weighted by molar-refractivity contribution is -0.149. The maximum atomic E-state index is 15.7. The Morgan fingerprint density at radius 1 is 0.541 bits per heavy atom. The minimum atomic E-state index is -1.83. The third kappa shape index (κ3) is 29.0. The molecule has 3 aromatic heterocycles. The summed E-state index contributed by atoms with van der Waals surface area (Å²) in [4.78, 5) is 266. The maximum Gasteiger partial charge on any atom is 0.246 e. The van der Waals surface area contributed by atoms with Gasteiger partial charge in [0.2, 0.25) is 100 Å². The Bertz CT molecular complexity index is 5090. The number of likely N-dealkylation sites (N-methyl/N-ethyl adjacent to an activating group) is 3. The van der Waals surface area contributed by atoms with E-state index in [0.717, 1.165) is 31.6 Å². The number of phenols is 1. The number of unbranched alkanes of at least 4 members (excludes halogenated alkanes) is 3. The fourth-order valence-corrected chi connectivity index (χ4v) is 18.5. The third-order valence-corrected chi connectivity index (χ3v) is 26.2. The fourth-order valence-electron chi connectivity index (χ4n) is 16.6. The Hall–Kier alpha value is -12.6. The number of carbonyl (C=O) groups excluding carboxylic acids is 17. The van der Waals surface area contributed by atoms with Crippen LogP contribution in [0.2, 0.25) is 0 Å². The fraction of sp³-hybridized carbons (Fsp3) is 0.538. The number of aromatic hydroxyl groups is 1. The lowest BCUT2D eigenvalue weighted by atomic mass is 10.00. The van der Waals surface area contributed by atoms with Crippen LogP contribution in [0.15, 0.2) is 96.9 Å². The maximum absolute atomic E-state index is 15.7. The SMILES string of the molecule is CCCC[C@H]1C(=O)N(C)[C@@H](CCCC)C(=O)N[C@@H](CCCCN)C(=O)N[C@H](C(=O)NCC(N)=O)CSCC(=O)N[C@@H](Cc2ccc(O)cc2)C(=O)N(C)[C@@H](C)C(=O)N[C@@H](CC(N)=O)C(=O)N2CCC[C@H]2C(=O)N[C@@H](Cc2cnc[nH]2)C(=O)N[C@@H](CC(C)C)C(=O)N2CCC[C@H]2C(=O)N[C@@H](Cc2c[nH]c3ccccc23)C(=O)N[C@@H](CO)C(=O)N[C@@H](Cc2csc3ccccc23)C(=O)N1C. The highest BCUT2D eigenvalue weighted by atomic mass is 32.2. The van der Waals surface area contributed by atoms with Gasteiger partial charge < -0.3 is 115 Å². The van der Waals surface area contributed by atoms with E-state index in [0.29, 0.717) is 65.4 Å². The molecule has 42 heteroatoms. The smallest absolute Gasteiger partial charge is 0.246 e. The number of primary amides is 2. The van der Waals surface area contributed by atoms with Crippen LogP contribution in [0.3, 0.4) is 0 Å². The van der Waals surface area contributed by atoms with Crippen LogP contribution in [0, 0.1) is 5.92 Å². The molecule has 9 rings (SSSR count). The summed E-state index contributed by atoms with van der Waals surface area (Å²) in [5.41, 5.74) is 19.7. The van der Waals surface area contributed by atoms with E-state index in [1.807, 2.05) is 37.4 Å². The summed E-state index contributed by atoms with van der Waals surface area (Å²) in [5.74, 6) is -16.4. The van der Waals surface area contributed by atoms with Gasteiger partial charge in [0.25, 0.3) is 0 Å². The summed E-state index contributed by atoms with van der Waals surface area (Å²) in [6.07, 6.45) is 5.63. The second-order valence-electron chi connectivity index (χ2n) is 34.5. The average Bonchev–Trinajstić information content (AvgIpc) is 1.76. The number of fused-ring (bicyclic) bond motifs is 4. The van der Waals surface area contributed by atoms with Crippen molar-refractivity contribution in [2.75, 3.05) is 65.4 Å². The van der Waals surface area contributed by atoms with Crippen LogP contribution in [-0.2, 0) is 107 Å². The molecule has 0 bridgehead atoms. The average molecular weight is 1880 g/mol. The van der Waals surface area contributed by atoms with Crippen LogP contribution < -0.4 is 70.4 Å². The predicted octanol–water partition coefficient (Wildman–Crippen LogP) is -0.301. The van der Waals surface area contributed by atoms with Crippen LogP contribution in [-0.4, -0.2) is 300 Å². The molecule has 6 aromatic rings. The second kappa shape index (κ2) is 50.3. The Balaban J connectivity index is 1.09. The van der Waals surface area contributed by atoms with Crippen molar-refractivity contribution < 1.29 is 91.7 Å². The number of thioether (sulfide) groups is 1. The van der Waals surface area contributed by atoms with Crippen molar-refractivity contribution in [1.29, 1.82) is 0 Å². The number of aromatic amines is 2. The zero-order valence-corrected chi connectivity index (χ0v) is 78.0. The predicted molar refractivity (Wildman–Crippen MR) is 496 cm³/mol. The van der Waals surface area contributed by atoms with Crippen molar-refractivity contribution in [3.63, 3.8) is 0 Å². The molecule has 3 aliphatic heterocycles. The Morgan fingerprint density at radius 3 is 1.71 bits per heavy atom. The Labute approximate surface area is 779 Å². The number of phenolic OH excluding ortho intramolecular Hbond substituents is 1. The first-order valence-electron chi connectivity index (χ1n) is 45.2. The summed E-state index contributed by atoms with van der Waals surface area (Å²) in [6, 6.07) is -0.658. The number of aromatic nitrogens is 3. The highest BCUT2D eigenvalue weighted by Gasteiger charge is 2.46. The zero-order valence-electron chi connectivity index (χ0n) is 76.3. The van der Waals surface area contributed by atoms with Crippen LogP contribution >= 0.6 is 23.1 Å². The molecular formula is C91H127N21O19S2. The lowest BCUT2D eigenvalue weighted by Crippen LogP contribution is -2.62. The first-order chi connectivity index (χ1) is 63.5. The monoisotopic (exact) mass is 1880 g/mol. The topological polar surface area (TPSA) is 590 Å². The van der Waals surface area contributed by atoms with Crippen molar-refractivity contribution in [3.05, 3.63) is 119 Å². The minimum Gasteiger partial charge on any atom is -0.508 e. The van der Waals surface area contributed by atoms with Crippen molar-refractivity contribution in [2.24, 2.45) is 23.1 Å². The molecule has 133 heavy (non-hydrogen) atoms. The summed E-state index contributed by atoms with van der Waals surface area (Å²) in [7, 11) is 4.00. The standard InChI is InChI=1S/C91H127N21O19S2/c1-9-11-25-70-84(124)100-61(24-17-18-34-92)80(120)107-69(79(119)97-45-76(94)116)48-132-49-77(117)99-65(38-53-30-32-57(114)33-31-53)87(127)108(6)52(5)78(118)103-67(42-75(93)115)90(130)112-36-20-28-72(112)86(126)102-63(41-56-44-95-50-98-56)82(122)104-64(37-51(3)4)89(129)111-35-19-27-71(111)85(125)101-62(39-54-43-96-60-23-15-13-21-58(54)60)81(121)106-68(46-113)83(123)105-66(40-55-47-133-74-29-16-14-22-59(55)74)88(128)110(8)73(26-12-10-2)91(131)109(70)7/h13-16,21-23,29-33,43-44,47,50-52,61-73,96,113-114H,9-12,17-20,24-28,34-42,45-46,48-49,92H2,1-8H3,(H2,93,115)(H2,94,116)(H,95,98)(H,97,119)(H,99,117)(H,100,124)(H,101,125)(H,102,126)(H,103,118)(H,104,122)(H,105,123)(H,106,121)(H,107,120)/t52-,61-,62-,63-,64-,65-,66-,67-,68-,69-,70-,71-,72-,73-/m0/s1. The number of hydrogen-bond acceptors (Lipinski definition) is 23. The van der Waals surface area contributed by atoms with Gasteiger partial charge in [-0.15, -0.1) is 23.1 Å². The van der Waals surface area contributed by atoms with E-state index >= 15 is 38.4 Å². The van der Waals surface area contributed by atoms with Gasteiger partial charge in [-0.1, -0.05) is 102 Å². The molecule has 3 fully saturated rings. The quantitative estimate of drug-likeness (QED) is 0.0310. The van der Waals surface area contributed by atoms with E-state index in [4.69, 9.17) is 17.2 Å². The van der Waals surface area contributed by atoms with Crippen LogP contribution in [0.4, 0.5) is 0 Å². The molecule has 722 valence electrons. The molecule has 0 saturated carbocycles. The lowest BCUT2D eigenvalue weighted by Gasteiger charge is -2.36. The number of aliphatic hydroxyl groups is 1. The van der Waals surface area contributed by atoms with Crippen molar-refractivity contribution in [2.45, 2.75) is 241 Å². The number of thiophene rings is 1. The van der Waals surface area contributed by atoms with Gasteiger partial charge in [0.1, 0.15) is 90.3 Å². The third-order valence-electron chi connectivity index (χ3n) is 24.1. The number of para-hydroxylation sites is 1. The molecule has 3 aromatic carbocycles. The normalized spacial score (nSPS) is 24.5. The van der Waals surface area contributed by atoms with E-state index in [1.165, 1.54) is 90.9 Å². The van der Waals surface area contributed by atoms with Gasteiger partial charge >= 0.3 is 0 Å². The molecule has 17 amide bonds. The molecule has 3 saturated heterocycles. The first-order valence-corrected chi connectivity index (χ1v) is 47.2. The molecule has 6 heterocycles. The molecule has 3 aliphatic rings.